The number of carbonyl (C=O) groups is 4. The number of likely N-dealkylation sites (tertiary alicyclic amines) is 1. The Kier molecular flexibility index (Phi) is 12.2. The molecule has 1 saturated heterocycles. The molecule has 2 bridgehead atoms. The third-order valence-electron chi connectivity index (χ3n) is 12.5. The van der Waals surface area contributed by atoms with Crippen LogP contribution >= 0.6 is 0 Å². The number of carbonyl (C=O) groups excluding carboxylic acids is 4. The van der Waals surface area contributed by atoms with Gasteiger partial charge in [0.25, 0.3) is 0 Å². The van der Waals surface area contributed by atoms with Crippen molar-refractivity contribution < 1.29 is 28.7 Å². The van der Waals surface area contributed by atoms with Crippen LogP contribution in [0.5, 0.6) is 0 Å². The minimum absolute atomic E-state index is 0.0335. The number of hydrogen-bond donors (Lipinski definition) is 4. The summed E-state index contributed by atoms with van der Waals surface area (Å²) in [5.74, 6) is 1.60. The highest BCUT2D eigenvalue weighted by atomic mass is 16.5. The second-order valence-corrected chi connectivity index (χ2v) is 17.7. The number of ether oxygens (including phenoxy) is 2. The van der Waals surface area contributed by atoms with E-state index < -0.39 is 29.7 Å². The Bertz CT molecular complexity index is 2360. The van der Waals surface area contributed by atoms with Crippen LogP contribution in [-0.2, 0) is 24.5 Å². The van der Waals surface area contributed by atoms with E-state index in [0.29, 0.717) is 18.8 Å². The molecular weight excluding hydrogens is 759 g/mol. The van der Waals surface area contributed by atoms with Crippen molar-refractivity contribution in [3.8, 4) is 33.6 Å². The summed E-state index contributed by atoms with van der Waals surface area (Å²) < 4.78 is 9.54. The van der Waals surface area contributed by atoms with Crippen LogP contribution in [0.15, 0.2) is 73.1 Å². The Labute approximate surface area is 351 Å². The Morgan fingerprint density at radius 2 is 1.32 bits per heavy atom. The lowest BCUT2D eigenvalue weighted by Crippen LogP contribution is -2.54. The first-order chi connectivity index (χ1) is 28.7. The smallest absolute Gasteiger partial charge is 0.407 e. The second-order valence-electron chi connectivity index (χ2n) is 17.7. The van der Waals surface area contributed by atoms with Gasteiger partial charge in [-0.2, -0.15) is 0 Å². The molecule has 2 fully saturated rings. The van der Waals surface area contributed by atoms with E-state index in [9.17, 15) is 19.2 Å². The molecule has 0 spiro atoms. The molecule has 4 N–H and O–H groups in total. The maximum Gasteiger partial charge on any atom is 0.407 e. The van der Waals surface area contributed by atoms with Crippen molar-refractivity contribution >= 4 is 34.6 Å². The van der Waals surface area contributed by atoms with Crippen molar-refractivity contribution in [3.63, 3.8) is 0 Å². The number of benzene rings is 3. The van der Waals surface area contributed by atoms with Crippen molar-refractivity contribution in [2.75, 3.05) is 14.2 Å². The minimum atomic E-state index is -0.681. The largest absolute Gasteiger partial charge is 0.453 e. The number of imidazole rings is 2. The number of H-pyrrole nitrogens is 2. The normalized spacial score (nSPS) is 18.5. The highest BCUT2D eigenvalue weighted by Crippen LogP contribution is 2.50. The summed E-state index contributed by atoms with van der Waals surface area (Å²) in [6, 6.07) is 19.9. The highest BCUT2D eigenvalue weighted by molar-refractivity contribution is 5.91. The van der Waals surface area contributed by atoms with Crippen LogP contribution in [0.1, 0.15) is 91.3 Å². The maximum atomic E-state index is 14.0. The van der Waals surface area contributed by atoms with Gasteiger partial charge in [-0.25, -0.2) is 19.6 Å². The van der Waals surface area contributed by atoms with Crippen molar-refractivity contribution in [2.45, 2.75) is 103 Å². The summed E-state index contributed by atoms with van der Waals surface area (Å²) in [6.07, 6.45) is 6.26. The number of rotatable bonds is 14. The topological polar surface area (TPSA) is 171 Å². The van der Waals surface area contributed by atoms with Crippen LogP contribution in [0.2, 0.25) is 0 Å². The number of amides is 3. The van der Waals surface area contributed by atoms with Crippen molar-refractivity contribution in [2.24, 2.45) is 17.8 Å². The zero-order chi connectivity index (χ0) is 42.9. The van der Waals surface area contributed by atoms with Gasteiger partial charge in [0.15, 0.2) is 5.78 Å². The van der Waals surface area contributed by atoms with Crippen molar-refractivity contribution in [3.05, 3.63) is 84.7 Å². The van der Waals surface area contributed by atoms with Crippen LogP contribution in [0.3, 0.4) is 0 Å². The molecule has 0 radical (unpaired) electrons. The summed E-state index contributed by atoms with van der Waals surface area (Å²) in [6.45, 7) is 11.8. The first kappa shape index (κ1) is 42.2. The number of ketones is 1. The molecule has 3 aromatic carbocycles. The number of aromatic nitrogens is 4. The van der Waals surface area contributed by atoms with E-state index in [1.165, 1.54) is 14.2 Å². The van der Waals surface area contributed by atoms with Crippen molar-refractivity contribution in [1.29, 1.82) is 0 Å². The molecule has 1 aliphatic carbocycles. The summed E-state index contributed by atoms with van der Waals surface area (Å²) >= 11 is 0. The molecule has 60 heavy (non-hydrogen) atoms. The SMILES string of the molecule is COC(=O)N[C@H](C(=O)CCC(C)(C)c1ncc(-c2ccc(-c3ccc4cc(-c5cnc([C@@H]6[C@H]7CC[C@H](C7)N6C(=O)[C@@H](NC(=O)OC)C(C)C)[nH]5)ccc4c3)cc2)[nH]1)C(C)C. The maximum absolute atomic E-state index is 14.0. The first-order valence-electron chi connectivity index (χ1n) is 21.0. The van der Waals surface area contributed by atoms with Crippen LogP contribution in [0.25, 0.3) is 44.4 Å². The summed E-state index contributed by atoms with van der Waals surface area (Å²) in [5.41, 5.74) is 5.60. The zero-order valence-electron chi connectivity index (χ0n) is 35.8. The molecule has 0 unspecified atom stereocenters. The van der Waals surface area contributed by atoms with Gasteiger partial charge in [-0.05, 0) is 83.0 Å². The van der Waals surface area contributed by atoms with Crippen LogP contribution in [0, 0.1) is 17.8 Å². The number of nitrogens with zero attached hydrogens (tertiary/aromatic N) is 3. The van der Waals surface area contributed by atoms with Gasteiger partial charge in [0.05, 0.1) is 50.1 Å². The van der Waals surface area contributed by atoms with Gasteiger partial charge in [0.2, 0.25) is 5.91 Å². The van der Waals surface area contributed by atoms with E-state index in [1.54, 1.807) is 0 Å². The number of methoxy groups -OCH3 is 2. The van der Waals surface area contributed by atoms with Gasteiger partial charge in [-0.15, -0.1) is 0 Å². The van der Waals surface area contributed by atoms with Crippen LogP contribution in [-0.4, -0.2) is 81.1 Å². The lowest BCUT2D eigenvalue weighted by molar-refractivity contribution is -0.139. The molecule has 3 heterocycles. The molecule has 1 saturated carbocycles. The van der Waals surface area contributed by atoms with E-state index in [4.69, 9.17) is 19.4 Å². The summed E-state index contributed by atoms with van der Waals surface area (Å²) in [4.78, 5) is 69.5. The molecule has 316 valence electrons. The van der Waals surface area contributed by atoms with E-state index >= 15 is 0 Å². The quantitative estimate of drug-likeness (QED) is 0.0862. The predicted molar refractivity (Wildman–Crippen MR) is 231 cm³/mol. The van der Waals surface area contributed by atoms with Gasteiger partial charge in [-0.3, -0.25) is 9.59 Å². The summed E-state index contributed by atoms with van der Waals surface area (Å²) in [5, 5.41) is 7.64. The molecule has 13 nitrogen and oxygen atoms in total. The van der Waals surface area contributed by atoms with Gasteiger partial charge < -0.3 is 35.0 Å². The van der Waals surface area contributed by atoms with E-state index in [1.807, 2.05) is 45.0 Å². The average Bonchev–Trinajstić information content (AvgIpc) is 4.09. The second kappa shape index (κ2) is 17.3. The molecule has 2 aromatic heterocycles. The van der Waals surface area contributed by atoms with E-state index in [2.05, 4.69) is 95.1 Å². The number of alkyl carbamates (subject to hydrolysis) is 2. The molecule has 2 aliphatic rings. The molecule has 13 heteroatoms. The number of Topliss-reactive ketones (excluding diaryl/α,β-unsaturated/α-hetero) is 1. The average molecular weight is 816 g/mol. The Morgan fingerprint density at radius 3 is 1.97 bits per heavy atom. The Morgan fingerprint density at radius 1 is 0.750 bits per heavy atom. The molecule has 5 atom stereocenters. The molecule has 5 aromatic rings. The zero-order valence-corrected chi connectivity index (χ0v) is 35.8. The van der Waals surface area contributed by atoms with Gasteiger partial charge >= 0.3 is 12.2 Å². The molecular formula is C47H57N7O6. The molecule has 1 aliphatic heterocycles. The minimum Gasteiger partial charge on any atom is -0.453 e. The number of hydrogen-bond acceptors (Lipinski definition) is 8. The Balaban J connectivity index is 1.02. The fraction of sp³-hybridized carbons (Fsp3) is 0.447. The fourth-order valence-electron chi connectivity index (χ4n) is 8.91. The monoisotopic (exact) mass is 815 g/mol. The third kappa shape index (κ3) is 8.66. The van der Waals surface area contributed by atoms with Crippen molar-refractivity contribution in [1.82, 2.24) is 35.5 Å². The predicted octanol–water partition coefficient (Wildman–Crippen LogP) is 8.73. The van der Waals surface area contributed by atoms with Crippen LogP contribution in [0.4, 0.5) is 9.59 Å². The van der Waals surface area contributed by atoms with E-state index in [-0.39, 0.29) is 35.6 Å². The number of aromatic amines is 2. The van der Waals surface area contributed by atoms with Gasteiger partial charge in [0, 0.05) is 23.4 Å². The molecule has 3 amide bonds. The standard InChI is InChI=1S/C47H57N7O6/c1-26(2)39(52-45(57)59-7)38(55)19-20-47(5,6)44-49-25-36(51-44)29-11-9-28(10-12-29)30-13-14-32-22-33(16-15-31(32)21-30)37-24-48-42(50-37)41-34-17-18-35(23-34)54(41)43(56)40(27(3)4)53-46(58)60-8/h9-16,21-22,24-27,34-35,39-41H,17-20,23H2,1-8H3,(H,48,50)(H,49,51)(H,52,57)(H,53,58)/t34-,35+,39-,40-,41-/m0/s1. The van der Waals surface area contributed by atoms with Gasteiger partial charge in [0.1, 0.15) is 17.7 Å². The number of fused-ring (bicyclic) bond motifs is 3. The van der Waals surface area contributed by atoms with Gasteiger partial charge in [-0.1, -0.05) is 90.1 Å². The molecule has 7 rings (SSSR count). The third-order valence-corrected chi connectivity index (χ3v) is 12.5. The lowest BCUT2D eigenvalue weighted by atomic mass is 9.84. The van der Waals surface area contributed by atoms with E-state index in [0.717, 1.165) is 75.3 Å². The fourth-order valence-corrected chi connectivity index (χ4v) is 8.91. The lowest BCUT2D eigenvalue weighted by Gasteiger charge is -2.37. The summed E-state index contributed by atoms with van der Waals surface area (Å²) in [7, 11) is 2.60. The van der Waals surface area contributed by atoms with Crippen LogP contribution < -0.4 is 10.6 Å². The Hall–Kier alpha value is -5.98. The number of piperidine rings is 1. The highest BCUT2D eigenvalue weighted by Gasteiger charge is 2.51. The number of nitrogens with one attached hydrogen (secondary N) is 4. The first-order valence-corrected chi connectivity index (χ1v) is 21.0.